The molecule has 0 aliphatic heterocycles. The third-order valence-electron chi connectivity index (χ3n) is 4.21. The molecule has 2 aromatic carbocycles. The van der Waals surface area contributed by atoms with Crippen LogP contribution in [0.1, 0.15) is 13.8 Å². The van der Waals surface area contributed by atoms with Gasteiger partial charge in [-0.25, -0.2) is 9.97 Å². The fourth-order valence-corrected chi connectivity index (χ4v) is 3.03. The molecule has 4 aromatic rings. The number of benzene rings is 2. The van der Waals surface area contributed by atoms with Crippen molar-refractivity contribution in [1.29, 1.82) is 0 Å². The SMILES string of the molecule is CCN(CC)c1ccc2[nH]c3nc4ccccc4nc3c2c1. The number of anilines is 1. The first kappa shape index (κ1) is 13.1. The van der Waals surface area contributed by atoms with Gasteiger partial charge in [0.25, 0.3) is 0 Å². The quantitative estimate of drug-likeness (QED) is 0.617. The van der Waals surface area contributed by atoms with Crippen LogP contribution in [0.4, 0.5) is 5.69 Å². The normalized spacial score (nSPS) is 11.5. The summed E-state index contributed by atoms with van der Waals surface area (Å²) in [5.41, 5.74) is 5.97. The van der Waals surface area contributed by atoms with Gasteiger partial charge >= 0.3 is 0 Å². The Bertz CT molecular complexity index is 967. The molecular weight excluding hydrogens is 272 g/mol. The predicted octanol–water partition coefficient (Wildman–Crippen LogP) is 4.11. The number of hydrogen-bond acceptors (Lipinski definition) is 3. The van der Waals surface area contributed by atoms with Gasteiger partial charge in [0.2, 0.25) is 0 Å². The summed E-state index contributed by atoms with van der Waals surface area (Å²) in [6.07, 6.45) is 0. The summed E-state index contributed by atoms with van der Waals surface area (Å²) in [6, 6.07) is 14.5. The highest BCUT2D eigenvalue weighted by atomic mass is 15.1. The summed E-state index contributed by atoms with van der Waals surface area (Å²) in [6.45, 7) is 6.35. The molecule has 0 unspecified atom stereocenters. The van der Waals surface area contributed by atoms with E-state index in [1.54, 1.807) is 0 Å². The molecule has 22 heavy (non-hydrogen) atoms. The van der Waals surface area contributed by atoms with Gasteiger partial charge in [-0.2, -0.15) is 0 Å². The Labute approximate surface area is 128 Å². The Morgan fingerprint density at radius 2 is 1.68 bits per heavy atom. The zero-order valence-electron chi connectivity index (χ0n) is 12.8. The summed E-state index contributed by atoms with van der Waals surface area (Å²) < 4.78 is 0. The van der Waals surface area contributed by atoms with Crippen molar-refractivity contribution in [1.82, 2.24) is 15.0 Å². The fourth-order valence-electron chi connectivity index (χ4n) is 3.03. The fraction of sp³-hybridized carbons (Fsp3) is 0.222. The number of rotatable bonds is 3. The number of aromatic amines is 1. The standard InChI is InChI=1S/C18H18N4/c1-3-22(4-2)12-9-10-14-13(11-12)17-18(20-14)21-16-8-6-5-7-15(16)19-17/h5-11H,3-4H2,1-2H3,(H,20,21). The van der Waals surface area contributed by atoms with E-state index in [0.29, 0.717) is 0 Å². The summed E-state index contributed by atoms with van der Waals surface area (Å²) in [4.78, 5) is 15.2. The molecule has 0 amide bonds. The van der Waals surface area contributed by atoms with Crippen molar-refractivity contribution in [2.75, 3.05) is 18.0 Å². The van der Waals surface area contributed by atoms with Crippen molar-refractivity contribution in [3.63, 3.8) is 0 Å². The van der Waals surface area contributed by atoms with Crippen LogP contribution in [-0.4, -0.2) is 28.0 Å². The lowest BCUT2D eigenvalue weighted by atomic mass is 10.2. The summed E-state index contributed by atoms with van der Waals surface area (Å²) in [5.74, 6) is 0. The lowest BCUT2D eigenvalue weighted by Crippen LogP contribution is -2.21. The minimum Gasteiger partial charge on any atom is -0.372 e. The molecule has 0 aliphatic rings. The summed E-state index contributed by atoms with van der Waals surface area (Å²) in [7, 11) is 0. The molecule has 2 aromatic heterocycles. The zero-order valence-corrected chi connectivity index (χ0v) is 12.8. The van der Waals surface area contributed by atoms with Gasteiger partial charge in [0.1, 0.15) is 5.52 Å². The van der Waals surface area contributed by atoms with Gasteiger partial charge in [-0.1, -0.05) is 12.1 Å². The third-order valence-corrected chi connectivity index (χ3v) is 4.21. The van der Waals surface area contributed by atoms with Crippen LogP contribution in [0.2, 0.25) is 0 Å². The molecule has 4 rings (SSSR count). The molecule has 0 saturated heterocycles. The first-order valence-electron chi connectivity index (χ1n) is 7.73. The molecular formula is C18H18N4. The highest BCUT2D eigenvalue weighted by molar-refractivity contribution is 6.06. The largest absolute Gasteiger partial charge is 0.372 e. The van der Waals surface area contributed by atoms with Gasteiger partial charge in [-0.15, -0.1) is 0 Å². The van der Waals surface area contributed by atoms with E-state index in [4.69, 9.17) is 9.97 Å². The highest BCUT2D eigenvalue weighted by Crippen LogP contribution is 2.28. The second-order valence-corrected chi connectivity index (χ2v) is 5.44. The molecule has 0 spiro atoms. The van der Waals surface area contributed by atoms with Crippen LogP contribution in [0.5, 0.6) is 0 Å². The van der Waals surface area contributed by atoms with E-state index in [-0.39, 0.29) is 0 Å². The first-order valence-corrected chi connectivity index (χ1v) is 7.73. The average molecular weight is 290 g/mol. The molecule has 4 nitrogen and oxygen atoms in total. The van der Waals surface area contributed by atoms with Crippen LogP contribution in [0, 0.1) is 0 Å². The number of aromatic nitrogens is 3. The van der Waals surface area contributed by atoms with Crippen LogP contribution in [0.15, 0.2) is 42.5 Å². The van der Waals surface area contributed by atoms with E-state index >= 15 is 0 Å². The topological polar surface area (TPSA) is 44.8 Å². The second-order valence-electron chi connectivity index (χ2n) is 5.44. The Balaban J connectivity index is 2.01. The van der Waals surface area contributed by atoms with Crippen LogP contribution in [0.3, 0.4) is 0 Å². The van der Waals surface area contributed by atoms with E-state index in [9.17, 15) is 0 Å². The Morgan fingerprint density at radius 1 is 0.955 bits per heavy atom. The maximum Gasteiger partial charge on any atom is 0.157 e. The molecule has 0 fully saturated rings. The molecule has 4 heteroatoms. The minimum atomic E-state index is 0.852. The van der Waals surface area contributed by atoms with Gasteiger partial charge in [0, 0.05) is 29.7 Å². The van der Waals surface area contributed by atoms with E-state index in [0.717, 1.165) is 46.2 Å². The Morgan fingerprint density at radius 3 is 2.41 bits per heavy atom. The molecule has 0 bridgehead atoms. The Kier molecular flexibility index (Phi) is 2.96. The van der Waals surface area contributed by atoms with Crippen molar-refractivity contribution < 1.29 is 0 Å². The molecule has 0 aliphatic carbocycles. The smallest absolute Gasteiger partial charge is 0.157 e. The maximum absolute atomic E-state index is 4.81. The van der Waals surface area contributed by atoms with Crippen LogP contribution in [0.25, 0.3) is 33.1 Å². The summed E-state index contributed by atoms with van der Waals surface area (Å²) in [5, 5.41) is 1.14. The van der Waals surface area contributed by atoms with E-state index < -0.39 is 0 Å². The predicted molar refractivity (Wildman–Crippen MR) is 92.5 cm³/mol. The number of hydrogen-bond donors (Lipinski definition) is 1. The van der Waals surface area contributed by atoms with Crippen molar-refractivity contribution in [3.05, 3.63) is 42.5 Å². The van der Waals surface area contributed by atoms with Crippen LogP contribution >= 0.6 is 0 Å². The Hall–Kier alpha value is -2.62. The van der Waals surface area contributed by atoms with Crippen molar-refractivity contribution in [2.45, 2.75) is 13.8 Å². The molecule has 1 N–H and O–H groups in total. The molecule has 0 radical (unpaired) electrons. The van der Waals surface area contributed by atoms with Gasteiger partial charge in [-0.05, 0) is 44.2 Å². The number of H-pyrrole nitrogens is 1. The van der Waals surface area contributed by atoms with Gasteiger partial charge in [0.15, 0.2) is 5.65 Å². The van der Waals surface area contributed by atoms with Crippen molar-refractivity contribution >= 4 is 38.8 Å². The van der Waals surface area contributed by atoms with E-state index in [1.807, 2.05) is 24.3 Å². The lowest BCUT2D eigenvalue weighted by Gasteiger charge is -2.20. The second kappa shape index (κ2) is 4.98. The lowest BCUT2D eigenvalue weighted by molar-refractivity contribution is 0.867. The maximum atomic E-state index is 4.81. The van der Waals surface area contributed by atoms with Crippen LogP contribution < -0.4 is 4.90 Å². The van der Waals surface area contributed by atoms with Gasteiger partial charge < -0.3 is 9.88 Å². The molecule has 0 saturated carbocycles. The average Bonchev–Trinajstić information content (AvgIpc) is 2.91. The van der Waals surface area contributed by atoms with E-state index in [2.05, 4.69) is 41.9 Å². The molecule has 0 atom stereocenters. The first-order chi connectivity index (χ1) is 10.8. The van der Waals surface area contributed by atoms with E-state index in [1.165, 1.54) is 5.69 Å². The van der Waals surface area contributed by atoms with Gasteiger partial charge in [0.05, 0.1) is 11.0 Å². The van der Waals surface area contributed by atoms with Gasteiger partial charge in [-0.3, -0.25) is 0 Å². The minimum absolute atomic E-state index is 0.852. The highest BCUT2D eigenvalue weighted by Gasteiger charge is 2.11. The summed E-state index contributed by atoms with van der Waals surface area (Å²) >= 11 is 0. The number of fused-ring (bicyclic) bond motifs is 4. The molecule has 2 heterocycles. The van der Waals surface area contributed by atoms with Crippen molar-refractivity contribution in [3.8, 4) is 0 Å². The third kappa shape index (κ3) is 1.91. The number of nitrogens with one attached hydrogen (secondary N) is 1. The zero-order chi connectivity index (χ0) is 15.1. The molecule has 110 valence electrons. The number of nitrogens with zero attached hydrogens (tertiary/aromatic N) is 3. The monoisotopic (exact) mass is 290 g/mol. The van der Waals surface area contributed by atoms with Crippen molar-refractivity contribution in [2.24, 2.45) is 0 Å². The number of para-hydroxylation sites is 2. The van der Waals surface area contributed by atoms with Crippen LogP contribution in [-0.2, 0) is 0 Å².